The van der Waals surface area contributed by atoms with E-state index in [1.807, 2.05) is 0 Å². The predicted molar refractivity (Wildman–Crippen MR) is 84.4 cm³/mol. The van der Waals surface area contributed by atoms with Crippen LogP contribution in [0.1, 0.15) is 49.9 Å². The number of aryl methyl sites for hydroxylation is 1. The maximum Gasteiger partial charge on any atom is 0.238 e. The molecule has 1 aromatic heterocycles. The van der Waals surface area contributed by atoms with Gasteiger partial charge in [0.05, 0.1) is 12.3 Å². The first-order valence-corrected chi connectivity index (χ1v) is 8.11. The van der Waals surface area contributed by atoms with Gasteiger partial charge in [-0.1, -0.05) is 13.8 Å². The van der Waals surface area contributed by atoms with Crippen LogP contribution >= 0.6 is 0 Å². The summed E-state index contributed by atoms with van der Waals surface area (Å²) in [4.78, 5) is 2.41. The van der Waals surface area contributed by atoms with E-state index in [4.69, 9.17) is 10.5 Å². The van der Waals surface area contributed by atoms with Crippen molar-refractivity contribution in [1.29, 1.82) is 0 Å². The van der Waals surface area contributed by atoms with Crippen molar-refractivity contribution in [2.24, 2.45) is 5.73 Å². The average molecular weight is 292 g/mol. The number of aromatic nitrogens is 2. The van der Waals surface area contributed by atoms with Gasteiger partial charge in [0, 0.05) is 18.2 Å². The Kier molecular flexibility index (Phi) is 5.94. The van der Waals surface area contributed by atoms with Gasteiger partial charge in [0.15, 0.2) is 0 Å². The minimum absolute atomic E-state index is 0.463. The number of ether oxygens (including phenoxy) is 1. The maximum absolute atomic E-state index is 5.91. The van der Waals surface area contributed by atoms with E-state index >= 15 is 0 Å². The molecule has 0 aliphatic carbocycles. The van der Waals surface area contributed by atoms with Crippen LogP contribution in [0.5, 0.6) is 5.88 Å². The van der Waals surface area contributed by atoms with Gasteiger partial charge in [-0.3, -0.25) is 0 Å². The molecule has 5 nitrogen and oxygen atoms in total. The van der Waals surface area contributed by atoms with E-state index in [1.54, 1.807) is 0 Å². The predicted octanol–water partition coefficient (Wildman–Crippen LogP) is 1.92. The van der Waals surface area contributed by atoms with Crippen molar-refractivity contribution in [2.75, 3.05) is 20.2 Å². The van der Waals surface area contributed by atoms with Crippen molar-refractivity contribution < 1.29 is 4.74 Å². The summed E-state index contributed by atoms with van der Waals surface area (Å²) in [6.07, 6.45) is 5.41. The van der Waals surface area contributed by atoms with Crippen LogP contribution in [-0.4, -0.2) is 41.3 Å². The lowest BCUT2D eigenvalue weighted by Crippen LogP contribution is -2.26. The molecule has 5 heteroatoms. The number of nitrogens with two attached hydrogens (primary N) is 1. The van der Waals surface area contributed by atoms with Crippen molar-refractivity contribution in [1.82, 2.24) is 15.1 Å². The number of rotatable bonds is 7. The summed E-state index contributed by atoms with van der Waals surface area (Å²) in [5.74, 6) is 0.632. The van der Waals surface area contributed by atoms with Gasteiger partial charge in [-0.2, -0.15) is 5.10 Å². The van der Waals surface area contributed by atoms with E-state index in [2.05, 4.69) is 36.0 Å². The zero-order valence-electron chi connectivity index (χ0n) is 13.6. The first-order valence-electron chi connectivity index (χ1n) is 8.11. The molecule has 1 aliphatic heterocycles. The Morgan fingerprint density at radius 1 is 1.24 bits per heavy atom. The first-order chi connectivity index (χ1) is 10.2. The van der Waals surface area contributed by atoms with Gasteiger partial charge in [0.25, 0.3) is 0 Å². The summed E-state index contributed by atoms with van der Waals surface area (Å²) in [5.41, 5.74) is 9.20. The maximum atomic E-state index is 5.91. The highest BCUT2D eigenvalue weighted by Crippen LogP contribution is 2.23. The van der Waals surface area contributed by atoms with Crippen LogP contribution in [0.25, 0.3) is 0 Å². The van der Waals surface area contributed by atoms with Crippen LogP contribution in [0, 0.1) is 0 Å². The highest BCUT2D eigenvalue weighted by Gasteiger charge is 2.21. The Morgan fingerprint density at radius 2 is 2.05 bits per heavy atom. The topological polar surface area (TPSA) is 64.3 Å². The lowest BCUT2D eigenvalue weighted by Gasteiger charge is -2.20. The zero-order chi connectivity index (χ0) is 15.2. The molecule has 2 rings (SSSR count). The van der Waals surface area contributed by atoms with Crippen LogP contribution in [0.3, 0.4) is 0 Å². The molecular weight excluding hydrogens is 264 g/mol. The summed E-state index contributed by atoms with van der Waals surface area (Å²) in [5, 5.41) is 8.55. The smallest absolute Gasteiger partial charge is 0.238 e. The molecule has 1 aliphatic rings. The molecule has 1 aromatic rings. The Balaban J connectivity index is 2.02. The number of nitrogens with zero attached hydrogens (tertiary/aromatic N) is 3. The summed E-state index contributed by atoms with van der Waals surface area (Å²) in [7, 11) is 2.19. The second-order valence-electron chi connectivity index (χ2n) is 5.73. The number of hydrogen-bond donors (Lipinski definition) is 1. The van der Waals surface area contributed by atoms with Crippen molar-refractivity contribution in [2.45, 2.75) is 58.5 Å². The molecular formula is C16H28N4O. The van der Waals surface area contributed by atoms with Gasteiger partial charge in [0.2, 0.25) is 5.88 Å². The Hall–Kier alpha value is -1.20. The molecule has 2 heterocycles. The third-order valence-electron chi connectivity index (χ3n) is 4.49. The van der Waals surface area contributed by atoms with Crippen molar-refractivity contribution in [3.05, 3.63) is 16.8 Å². The fraction of sp³-hybridized carbons (Fsp3) is 0.750. The standard InChI is InChI=1S/C16H28N4O/c1-4-13-14(11-17)16(19-18-15(13)5-2)21-10-8-12-7-6-9-20(12)3/h12H,4-11,17H2,1-3H3. The van der Waals surface area contributed by atoms with E-state index in [9.17, 15) is 0 Å². The average Bonchev–Trinajstić information content (AvgIpc) is 2.91. The molecule has 0 radical (unpaired) electrons. The van der Waals surface area contributed by atoms with E-state index in [0.717, 1.165) is 30.5 Å². The van der Waals surface area contributed by atoms with Gasteiger partial charge in [-0.15, -0.1) is 5.10 Å². The van der Waals surface area contributed by atoms with E-state index in [-0.39, 0.29) is 0 Å². The van der Waals surface area contributed by atoms with Crippen LogP contribution in [0.15, 0.2) is 0 Å². The van der Waals surface area contributed by atoms with E-state index < -0.39 is 0 Å². The zero-order valence-corrected chi connectivity index (χ0v) is 13.6. The molecule has 0 aromatic carbocycles. The highest BCUT2D eigenvalue weighted by molar-refractivity contribution is 5.36. The summed E-state index contributed by atoms with van der Waals surface area (Å²) in [6.45, 7) is 6.58. The molecule has 1 atom stereocenters. The molecule has 1 saturated heterocycles. The third-order valence-corrected chi connectivity index (χ3v) is 4.49. The normalized spacial score (nSPS) is 19.1. The third kappa shape index (κ3) is 3.71. The molecule has 118 valence electrons. The highest BCUT2D eigenvalue weighted by atomic mass is 16.5. The summed E-state index contributed by atoms with van der Waals surface area (Å²) >= 11 is 0. The van der Waals surface area contributed by atoms with Gasteiger partial charge >= 0.3 is 0 Å². The second-order valence-corrected chi connectivity index (χ2v) is 5.73. The van der Waals surface area contributed by atoms with E-state index in [1.165, 1.54) is 24.9 Å². The Morgan fingerprint density at radius 3 is 2.62 bits per heavy atom. The van der Waals surface area contributed by atoms with Gasteiger partial charge in [-0.05, 0) is 51.3 Å². The molecule has 1 unspecified atom stereocenters. The lowest BCUT2D eigenvalue weighted by atomic mass is 10.0. The molecule has 0 bridgehead atoms. The van der Waals surface area contributed by atoms with Crippen LogP contribution < -0.4 is 10.5 Å². The fourth-order valence-electron chi connectivity index (χ4n) is 3.19. The van der Waals surface area contributed by atoms with Crippen molar-refractivity contribution >= 4 is 0 Å². The lowest BCUT2D eigenvalue weighted by molar-refractivity contribution is 0.225. The molecule has 21 heavy (non-hydrogen) atoms. The van der Waals surface area contributed by atoms with E-state index in [0.29, 0.717) is 25.1 Å². The molecule has 1 fully saturated rings. The molecule has 2 N–H and O–H groups in total. The Bertz CT molecular complexity index is 464. The minimum Gasteiger partial charge on any atom is -0.476 e. The molecule has 0 saturated carbocycles. The fourth-order valence-corrected chi connectivity index (χ4v) is 3.19. The largest absolute Gasteiger partial charge is 0.476 e. The minimum atomic E-state index is 0.463. The number of hydrogen-bond acceptors (Lipinski definition) is 5. The van der Waals surface area contributed by atoms with Crippen LogP contribution in [-0.2, 0) is 19.4 Å². The van der Waals surface area contributed by atoms with Gasteiger partial charge in [-0.25, -0.2) is 0 Å². The van der Waals surface area contributed by atoms with Crippen molar-refractivity contribution in [3.8, 4) is 5.88 Å². The SMILES string of the molecule is CCc1nnc(OCCC2CCCN2C)c(CN)c1CC. The summed E-state index contributed by atoms with van der Waals surface area (Å²) < 4.78 is 5.90. The molecule has 0 spiro atoms. The molecule has 0 amide bonds. The number of likely N-dealkylation sites (tertiary alicyclic amines) is 1. The quantitative estimate of drug-likeness (QED) is 0.832. The van der Waals surface area contributed by atoms with Gasteiger partial charge in [0.1, 0.15) is 0 Å². The Labute approximate surface area is 127 Å². The van der Waals surface area contributed by atoms with Crippen LogP contribution in [0.2, 0.25) is 0 Å². The van der Waals surface area contributed by atoms with Crippen molar-refractivity contribution in [3.63, 3.8) is 0 Å². The van der Waals surface area contributed by atoms with Gasteiger partial charge < -0.3 is 15.4 Å². The van der Waals surface area contributed by atoms with Crippen LogP contribution in [0.4, 0.5) is 0 Å². The first kappa shape index (κ1) is 16.2. The second kappa shape index (κ2) is 7.71. The summed E-state index contributed by atoms with van der Waals surface area (Å²) in [6, 6.07) is 0.639. The monoisotopic (exact) mass is 292 g/mol.